The lowest BCUT2D eigenvalue weighted by molar-refractivity contribution is -0.137. The van der Waals surface area contributed by atoms with Gasteiger partial charge in [0, 0.05) is 18.1 Å². The van der Waals surface area contributed by atoms with Gasteiger partial charge in [-0.05, 0) is 68.3 Å². The first kappa shape index (κ1) is 16.4. The van der Waals surface area contributed by atoms with Gasteiger partial charge in [0.25, 0.3) is 0 Å². The predicted octanol–water partition coefficient (Wildman–Crippen LogP) is 3.61. The van der Waals surface area contributed by atoms with Gasteiger partial charge >= 0.3 is 0 Å². The summed E-state index contributed by atoms with van der Waals surface area (Å²) >= 11 is 6.07. The number of rotatable bonds is 2. The SMILES string of the molecule is O=C(N1CC[C@@H]2CNC[C@@H]2CC1)C1(c2ccc(Cl)cc2)CCCC1. The molecule has 0 aromatic heterocycles. The first-order valence-corrected chi connectivity index (χ1v) is 9.83. The summed E-state index contributed by atoms with van der Waals surface area (Å²) in [6.07, 6.45) is 6.58. The molecule has 24 heavy (non-hydrogen) atoms. The number of hydrogen-bond donors (Lipinski definition) is 1. The maximum atomic E-state index is 13.6. The smallest absolute Gasteiger partial charge is 0.233 e. The van der Waals surface area contributed by atoms with Crippen LogP contribution in [0.4, 0.5) is 0 Å². The normalized spacial score (nSPS) is 29.3. The van der Waals surface area contributed by atoms with Gasteiger partial charge in [-0.25, -0.2) is 0 Å². The van der Waals surface area contributed by atoms with Crippen LogP contribution >= 0.6 is 11.6 Å². The topological polar surface area (TPSA) is 32.3 Å². The maximum Gasteiger partial charge on any atom is 0.233 e. The van der Waals surface area contributed by atoms with Crippen LogP contribution in [0, 0.1) is 11.8 Å². The largest absolute Gasteiger partial charge is 0.342 e. The van der Waals surface area contributed by atoms with Gasteiger partial charge in [0.15, 0.2) is 0 Å². The van der Waals surface area contributed by atoms with E-state index < -0.39 is 0 Å². The molecule has 0 radical (unpaired) electrons. The molecular formula is C20H27ClN2O. The second kappa shape index (κ2) is 6.68. The number of halogens is 1. The second-order valence-corrected chi connectivity index (χ2v) is 8.28. The maximum absolute atomic E-state index is 13.6. The van der Waals surface area contributed by atoms with Crippen LogP contribution in [0.3, 0.4) is 0 Å². The molecule has 4 heteroatoms. The highest BCUT2D eigenvalue weighted by Crippen LogP contribution is 2.43. The van der Waals surface area contributed by atoms with Gasteiger partial charge in [-0.3, -0.25) is 4.79 Å². The Morgan fingerprint density at radius 3 is 2.21 bits per heavy atom. The van der Waals surface area contributed by atoms with Crippen molar-refractivity contribution in [3.05, 3.63) is 34.9 Å². The lowest BCUT2D eigenvalue weighted by Gasteiger charge is -2.34. The molecule has 0 spiro atoms. The van der Waals surface area contributed by atoms with E-state index in [2.05, 4.69) is 22.3 Å². The molecule has 3 fully saturated rings. The van der Waals surface area contributed by atoms with E-state index >= 15 is 0 Å². The lowest BCUT2D eigenvalue weighted by Crippen LogP contribution is -2.46. The molecule has 1 aliphatic carbocycles. The molecule has 2 saturated heterocycles. The third kappa shape index (κ3) is 2.86. The standard InChI is InChI=1S/C20H27ClN2O/c21-18-5-3-17(4-6-18)20(9-1-2-10-20)19(24)23-11-7-15-13-22-14-16(15)8-12-23/h3-6,15-16,22H,1-2,7-14H2/t15-,16+. The molecule has 4 rings (SSSR count). The molecule has 130 valence electrons. The fourth-order valence-corrected chi connectivity index (χ4v) is 5.22. The van der Waals surface area contributed by atoms with Crippen LogP contribution in [0.15, 0.2) is 24.3 Å². The van der Waals surface area contributed by atoms with Gasteiger partial charge in [-0.15, -0.1) is 0 Å². The summed E-state index contributed by atoms with van der Waals surface area (Å²) in [6, 6.07) is 8.01. The van der Waals surface area contributed by atoms with E-state index in [0.29, 0.717) is 5.91 Å². The van der Waals surface area contributed by atoms with Crippen molar-refractivity contribution in [1.82, 2.24) is 10.2 Å². The van der Waals surface area contributed by atoms with Gasteiger partial charge in [0.1, 0.15) is 0 Å². The fourth-order valence-electron chi connectivity index (χ4n) is 5.10. The van der Waals surface area contributed by atoms with Crippen molar-refractivity contribution in [3.8, 4) is 0 Å². The minimum absolute atomic E-state index is 0.303. The summed E-state index contributed by atoms with van der Waals surface area (Å²) in [5, 5.41) is 4.26. The van der Waals surface area contributed by atoms with Crippen molar-refractivity contribution in [3.63, 3.8) is 0 Å². The first-order chi connectivity index (χ1) is 11.7. The van der Waals surface area contributed by atoms with Crippen molar-refractivity contribution in [1.29, 1.82) is 0 Å². The number of nitrogens with one attached hydrogen (secondary N) is 1. The first-order valence-electron chi connectivity index (χ1n) is 9.45. The van der Waals surface area contributed by atoms with Gasteiger partial charge in [0.05, 0.1) is 5.41 Å². The number of likely N-dealkylation sites (tertiary alicyclic amines) is 1. The molecule has 1 N–H and O–H groups in total. The molecule has 0 bridgehead atoms. The summed E-state index contributed by atoms with van der Waals surface area (Å²) < 4.78 is 0. The molecule has 1 aromatic rings. The number of benzene rings is 1. The average molecular weight is 347 g/mol. The van der Waals surface area contributed by atoms with Crippen molar-refractivity contribution >= 4 is 17.5 Å². The molecule has 2 heterocycles. The molecular weight excluding hydrogens is 320 g/mol. The minimum atomic E-state index is -0.303. The Hall–Kier alpha value is -1.06. The Morgan fingerprint density at radius 1 is 1.04 bits per heavy atom. The summed E-state index contributed by atoms with van der Waals surface area (Å²) in [5.41, 5.74) is 0.864. The molecule has 0 unspecified atom stereocenters. The van der Waals surface area contributed by atoms with E-state index in [4.69, 9.17) is 11.6 Å². The average Bonchev–Trinajstić information content (AvgIpc) is 3.22. The summed E-state index contributed by atoms with van der Waals surface area (Å²) in [6.45, 7) is 4.12. The molecule has 1 amide bonds. The third-order valence-corrected chi connectivity index (χ3v) is 6.82. The second-order valence-electron chi connectivity index (χ2n) is 7.84. The highest BCUT2D eigenvalue weighted by atomic mass is 35.5. The van der Waals surface area contributed by atoms with Gasteiger partial charge < -0.3 is 10.2 Å². The Bertz CT molecular complexity index is 580. The molecule has 2 atom stereocenters. The number of carbonyl (C=O) groups excluding carboxylic acids is 1. The van der Waals surface area contributed by atoms with Gasteiger partial charge in [-0.1, -0.05) is 36.6 Å². The Balaban J connectivity index is 1.57. The van der Waals surface area contributed by atoms with Crippen molar-refractivity contribution in [2.24, 2.45) is 11.8 Å². The Labute approximate surface area is 149 Å². The Kier molecular flexibility index (Phi) is 4.57. The van der Waals surface area contributed by atoms with Gasteiger partial charge in [-0.2, -0.15) is 0 Å². The summed E-state index contributed by atoms with van der Waals surface area (Å²) in [5.74, 6) is 1.89. The van der Waals surface area contributed by atoms with E-state index in [1.54, 1.807) is 0 Å². The summed E-state index contributed by atoms with van der Waals surface area (Å²) in [7, 11) is 0. The molecule has 3 nitrogen and oxygen atoms in total. The van der Waals surface area contributed by atoms with Crippen LogP contribution in [-0.2, 0) is 10.2 Å². The van der Waals surface area contributed by atoms with Crippen LogP contribution in [-0.4, -0.2) is 37.0 Å². The zero-order valence-electron chi connectivity index (χ0n) is 14.3. The van der Waals surface area contributed by atoms with E-state index in [9.17, 15) is 4.79 Å². The number of fused-ring (bicyclic) bond motifs is 1. The van der Waals surface area contributed by atoms with Crippen LogP contribution in [0.2, 0.25) is 5.02 Å². The highest BCUT2D eigenvalue weighted by Gasteiger charge is 2.45. The molecule has 3 aliphatic rings. The zero-order valence-corrected chi connectivity index (χ0v) is 15.0. The van der Waals surface area contributed by atoms with Crippen LogP contribution < -0.4 is 5.32 Å². The fraction of sp³-hybridized carbons (Fsp3) is 0.650. The van der Waals surface area contributed by atoms with Crippen LogP contribution in [0.1, 0.15) is 44.1 Å². The lowest BCUT2D eigenvalue weighted by atomic mass is 9.77. The summed E-state index contributed by atoms with van der Waals surface area (Å²) in [4.78, 5) is 15.7. The third-order valence-electron chi connectivity index (χ3n) is 6.57. The van der Waals surface area contributed by atoms with Crippen LogP contribution in [0.25, 0.3) is 0 Å². The van der Waals surface area contributed by atoms with E-state index in [1.165, 1.54) is 5.56 Å². The molecule has 2 aliphatic heterocycles. The van der Waals surface area contributed by atoms with Crippen molar-refractivity contribution in [2.75, 3.05) is 26.2 Å². The molecule has 1 aromatic carbocycles. The van der Waals surface area contributed by atoms with Crippen molar-refractivity contribution in [2.45, 2.75) is 43.9 Å². The quantitative estimate of drug-likeness (QED) is 0.887. The van der Waals surface area contributed by atoms with Gasteiger partial charge in [0.2, 0.25) is 5.91 Å². The highest BCUT2D eigenvalue weighted by molar-refractivity contribution is 6.30. The number of carbonyl (C=O) groups is 1. The molecule has 1 saturated carbocycles. The Morgan fingerprint density at radius 2 is 1.62 bits per heavy atom. The predicted molar refractivity (Wildman–Crippen MR) is 97.3 cm³/mol. The van der Waals surface area contributed by atoms with Crippen molar-refractivity contribution < 1.29 is 4.79 Å². The van der Waals surface area contributed by atoms with Crippen LogP contribution in [0.5, 0.6) is 0 Å². The zero-order chi connectivity index (χ0) is 16.6. The van der Waals surface area contributed by atoms with E-state index in [-0.39, 0.29) is 5.41 Å². The van der Waals surface area contributed by atoms with E-state index in [0.717, 1.165) is 81.6 Å². The van der Waals surface area contributed by atoms with E-state index in [1.807, 2.05) is 12.1 Å². The monoisotopic (exact) mass is 346 g/mol. The minimum Gasteiger partial charge on any atom is -0.342 e. The number of amides is 1. The number of nitrogens with zero attached hydrogens (tertiary/aromatic N) is 1. The number of hydrogen-bond acceptors (Lipinski definition) is 2.